The highest BCUT2D eigenvalue weighted by Crippen LogP contribution is 2.28. The van der Waals surface area contributed by atoms with Gasteiger partial charge in [0.25, 0.3) is 5.91 Å². The van der Waals surface area contributed by atoms with E-state index in [1.54, 1.807) is 4.68 Å². The molecule has 0 spiro atoms. The molecule has 1 fully saturated rings. The zero-order valence-corrected chi connectivity index (χ0v) is 16.8. The molecule has 0 aliphatic carbocycles. The van der Waals surface area contributed by atoms with Crippen LogP contribution >= 0.6 is 0 Å². The predicted octanol–water partition coefficient (Wildman–Crippen LogP) is 3.87. The third-order valence-corrected chi connectivity index (χ3v) is 5.61. The molecule has 1 N–H and O–H groups in total. The Bertz CT molecular complexity index is 978. The number of likely N-dealkylation sites (tertiary alicyclic amines) is 1. The molecule has 1 aromatic heterocycles. The lowest BCUT2D eigenvalue weighted by atomic mass is 9.94. The van der Waals surface area contributed by atoms with Crippen LogP contribution < -0.4 is 0 Å². The van der Waals surface area contributed by atoms with Crippen molar-refractivity contribution < 1.29 is 9.90 Å². The van der Waals surface area contributed by atoms with Gasteiger partial charge >= 0.3 is 0 Å². The summed E-state index contributed by atoms with van der Waals surface area (Å²) < 4.78 is 1.77. The summed E-state index contributed by atoms with van der Waals surface area (Å²) in [6.45, 7) is 4.11. The average Bonchev–Trinajstić information content (AvgIpc) is 3.23. The summed E-state index contributed by atoms with van der Waals surface area (Å²) in [6.07, 6.45) is 3.90. The fourth-order valence-electron chi connectivity index (χ4n) is 3.99. The van der Waals surface area contributed by atoms with Crippen LogP contribution in [0.3, 0.4) is 0 Å². The van der Waals surface area contributed by atoms with Crippen LogP contribution in [0.5, 0.6) is 0 Å². The number of piperidine rings is 1. The minimum absolute atomic E-state index is 0.0771. The van der Waals surface area contributed by atoms with Crippen molar-refractivity contribution in [3.05, 3.63) is 77.6 Å². The summed E-state index contributed by atoms with van der Waals surface area (Å²) in [4.78, 5) is 15.1. The number of aliphatic hydroxyl groups excluding tert-OH is 1. The van der Waals surface area contributed by atoms with Crippen LogP contribution in [-0.2, 0) is 6.54 Å². The molecule has 1 aliphatic rings. The lowest BCUT2D eigenvalue weighted by Gasteiger charge is -2.32. The number of aliphatic hydroxyl groups is 1. The van der Waals surface area contributed by atoms with Gasteiger partial charge in [-0.1, -0.05) is 42.0 Å². The smallest absolute Gasteiger partial charge is 0.253 e. The van der Waals surface area contributed by atoms with Gasteiger partial charge in [-0.2, -0.15) is 5.10 Å². The lowest BCUT2D eigenvalue weighted by Crippen LogP contribution is -2.39. The molecule has 0 saturated carbocycles. The van der Waals surface area contributed by atoms with Crippen molar-refractivity contribution in [2.45, 2.75) is 32.2 Å². The van der Waals surface area contributed by atoms with E-state index in [1.165, 1.54) is 5.56 Å². The van der Waals surface area contributed by atoms with Crippen LogP contribution in [0, 0.1) is 6.92 Å². The van der Waals surface area contributed by atoms with E-state index in [0.717, 1.165) is 41.8 Å². The zero-order chi connectivity index (χ0) is 20.2. The van der Waals surface area contributed by atoms with Crippen molar-refractivity contribution in [2.24, 2.45) is 0 Å². The van der Waals surface area contributed by atoms with Gasteiger partial charge < -0.3 is 10.0 Å². The van der Waals surface area contributed by atoms with E-state index in [4.69, 9.17) is 5.11 Å². The Morgan fingerprint density at radius 2 is 1.97 bits per heavy atom. The van der Waals surface area contributed by atoms with Crippen molar-refractivity contribution >= 4 is 5.91 Å². The van der Waals surface area contributed by atoms with Crippen LogP contribution in [0.4, 0.5) is 0 Å². The molecule has 1 amide bonds. The molecule has 5 nitrogen and oxygen atoms in total. The summed E-state index contributed by atoms with van der Waals surface area (Å²) in [5.41, 5.74) is 5.14. The molecule has 29 heavy (non-hydrogen) atoms. The van der Waals surface area contributed by atoms with E-state index < -0.39 is 0 Å². The SMILES string of the molecule is Cc1ccc(-c2cccc(C(=O)N3CCC[C@@H](c4ccn(CCO)n4)C3)c2)cc1. The second-order valence-corrected chi connectivity index (χ2v) is 7.76. The van der Waals surface area contributed by atoms with Crippen molar-refractivity contribution in [2.75, 3.05) is 19.7 Å². The number of hydrogen-bond donors (Lipinski definition) is 1. The van der Waals surface area contributed by atoms with Gasteiger partial charge in [0.15, 0.2) is 0 Å². The van der Waals surface area contributed by atoms with Gasteiger partial charge in [0.2, 0.25) is 0 Å². The molecule has 1 saturated heterocycles. The van der Waals surface area contributed by atoms with Crippen molar-refractivity contribution in [3.8, 4) is 11.1 Å². The largest absolute Gasteiger partial charge is 0.394 e. The quantitative estimate of drug-likeness (QED) is 0.721. The van der Waals surface area contributed by atoms with E-state index in [2.05, 4.69) is 36.3 Å². The number of amides is 1. The third kappa shape index (κ3) is 4.40. The highest BCUT2D eigenvalue weighted by atomic mass is 16.3. The van der Waals surface area contributed by atoms with Crippen molar-refractivity contribution in [3.63, 3.8) is 0 Å². The maximum absolute atomic E-state index is 13.2. The van der Waals surface area contributed by atoms with Crippen LogP contribution in [0.2, 0.25) is 0 Å². The number of carbonyl (C=O) groups excluding carboxylic acids is 1. The summed E-state index contributed by atoms with van der Waals surface area (Å²) in [5, 5.41) is 13.7. The summed E-state index contributed by atoms with van der Waals surface area (Å²) >= 11 is 0. The highest BCUT2D eigenvalue weighted by molar-refractivity contribution is 5.95. The number of aromatic nitrogens is 2. The lowest BCUT2D eigenvalue weighted by molar-refractivity contribution is 0.0705. The van der Waals surface area contributed by atoms with Gasteiger partial charge in [0, 0.05) is 30.8 Å². The molecular weight excluding hydrogens is 362 g/mol. The number of hydrogen-bond acceptors (Lipinski definition) is 3. The van der Waals surface area contributed by atoms with Crippen LogP contribution in [0.25, 0.3) is 11.1 Å². The minimum Gasteiger partial charge on any atom is -0.394 e. The van der Waals surface area contributed by atoms with E-state index in [0.29, 0.717) is 13.1 Å². The molecule has 2 aromatic carbocycles. The normalized spacial score (nSPS) is 16.8. The Balaban J connectivity index is 1.50. The number of nitrogens with zero attached hydrogens (tertiary/aromatic N) is 3. The Hall–Kier alpha value is -2.92. The fraction of sp³-hybridized carbons (Fsp3) is 0.333. The van der Waals surface area contributed by atoms with Gasteiger partial charge in [0.05, 0.1) is 18.8 Å². The summed E-state index contributed by atoms with van der Waals surface area (Å²) in [6, 6.07) is 18.3. The first-order chi connectivity index (χ1) is 14.1. The van der Waals surface area contributed by atoms with Gasteiger partial charge in [-0.3, -0.25) is 9.48 Å². The molecule has 0 bridgehead atoms. The molecule has 1 aliphatic heterocycles. The average molecular weight is 389 g/mol. The second-order valence-electron chi connectivity index (χ2n) is 7.76. The van der Waals surface area contributed by atoms with Gasteiger partial charge in [-0.25, -0.2) is 0 Å². The van der Waals surface area contributed by atoms with Crippen LogP contribution in [-0.4, -0.2) is 45.4 Å². The maximum atomic E-state index is 13.2. The zero-order valence-electron chi connectivity index (χ0n) is 16.8. The predicted molar refractivity (Wildman–Crippen MR) is 114 cm³/mol. The van der Waals surface area contributed by atoms with Gasteiger partial charge in [-0.15, -0.1) is 0 Å². The van der Waals surface area contributed by atoms with E-state index in [9.17, 15) is 4.79 Å². The second kappa shape index (κ2) is 8.62. The van der Waals surface area contributed by atoms with E-state index in [-0.39, 0.29) is 18.4 Å². The number of rotatable bonds is 5. The van der Waals surface area contributed by atoms with Gasteiger partial charge in [-0.05, 0) is 49.1 Å². The molecule has 0 radical (unpaired) electrons. The Morgan fingerprint density at radius 3 is 2.76 bits per heavy atom. The van der Waals surface area contributed by atoms with Crippen LogP contribution in [0.15, 0.2) is 60.8 Å². The van der Waals surface area contributed by atoms with Crippen molar-refractivity contribution in [1.29, 1.82) is 0 Å². The van der Waals surface area contributed by atoms with E-state index >= 15 is 0 Å². The standard InChI is InChI=1S/C24H27N3O2/c1-18-7-9-19(10-8-18)20-4-2-5-21(16-20)24(29)26-12-3-6-22(17-26)23-11-13-27(25-23)14-15-28/h2,4-5,7-11,13,16,22,28H,3,6,12,14-15,17H2,1H3/t22-/m1/s1. The molecular formula is C24H27N3O2. The Labute approximate surface area is 171 Å². The molecule has 2 heterocycles. The first-order valence-electron chi connectivity index (χ1n) is 10.2. The molecule has 5 heteroatoms. The first kappa shape index (κ1) is 19.4. The third-order valence-electron chi connectivity index (χ3n) is 5.61. The maximum Gasteiger partial charge on any atom is 0.253 e. The number of aryl methyl sites for hydroxylation is 1. The molecule has 150 valence electrons. The summed E-state index contributed by atoms with van der Waals surface area (Å²) in [5.74, 6) is 0.325. The molecule has 3 aromatic rings. The topological polar surface area (TPSA) is 58.4 Å². The van der Waals surface area contributed by atoms with Gasteiger partial charge in [0.1, 0.15) is 0 Å². The molecule has 1 atom stereocenters. The molecule has 4 rings (SSSR count). The summed E-state index contributed by atoms with van der Waals surface area (Å²) in [7, 11) is 0. The first-order valence-corrected chi connectivity index (χ1v) is 10.2. The fourth-order valence-corrected chi connectivity index (χ4v) is 3.99. The van der Waals surface area contributed by atoms with E-state index in [1.807, 2.05) is 41.4 Å². The number of carbonyl (C=O) groups is 1. The van der Waals surface area contributed by atoms with Crippen molar-refractivity contribution in [1.82, 2.24) is 14.7 Å². The Kier molecular flexibility index (Phi) is 5.76. The minimum atomic E-state index is 0.0771. The highest BCUT2D eigenvalue weighted by Gasteiger charge is 2.27. The Morgan fingerprint density at radius 1 is 1.14 bits per heavy atom. The van der Waals surface area contributed by atoms with Crippen LogP contribution in [0.1, 0.15) is 40.4 Å². The molecule has 0 unspecified atom stereocenters. The monoisotopic (exact) mass is 389 g/mol. The number of benzene rings is 2.